The maximum atomic E-state index is 11.9. The van der Waals surface area contributed by atoms with Gasteiger partial charge in [0.15, 0.2) is 0 Å². The van der Waals surface area contributed by atoms with E-state index in [-0.39, 0.29) is 6.67 Å². The van der Waals surface area contributed by atoms with Crippen molar-refractivity contribution in [3.05, 3.63) is 6.67 Å². The first-order valence-electron chi connectivity index (χ1n) is 2.51. The highest BCUT2D eigenvalue weighted by Crippen LogP contribution is 2.11. The van der Waals surface area contributed by atoms with Crippen molar-refractivity contribution in [3.8, 4) is 0 Å². The molecule has 0 heterocycles. The molecule has 1 radical (unpaired) electrons. The molecule has 0 rings (SSSR count). The Morgan fingerprint density at radius 3 is 2.11 bits per heavy atom. The average molecular weight is 143 g/mol. The Morgan fingerprint density at radius 1 is 1.22 bits per heavy atom. The lowest BCUT2D eigenvalue weighted by atomic mass is 10.2. The van der Waals surface area contributed by atoms with E-state index in [2.05, 4.69) is 0 Å². The van der Waals surface area contributed by atoms with Crippen LogP contribution in [0.3, 0.4) is 0 Å². The Hall–Kier alpha value is -0.280. The van der Waals surface area contributed by atoms with Gasteiger partial charge in [-0.1, -0.05) is 0 Å². The van der Waals surface area contributed by atoms with Crippen molar-refractivity contribution in [1.29, 1.82) is 0 Å². The molecule has 9 heavy (non-hydrogen) atoms. The molecule has 0 spiro atoms. The molecule has 4 heteroatoms. The molecular formula is C5H7F4. The minimum atomic E-state index is -2.68. The van der Waals surface area contributed by atoms with Crippen LogP contribution in [-0.4, -0.2) is 12.6 Å². The second-order valence-corrected chi connectivity index (χ2v) is 1.61. The van der Waals surface area contributed by atoms with Crippen LogP contribution in [-0.2, 0) is 0 Å². The largest absolute Gasteiger partial charge is 0.247 e. The number of hydrogen-bond donors (Lipinski definition) is 0. The second-order valence-electron chi connectivity index (χ2n) is 1.61. The van der Waals surface area contributed by atoms with Crippen molar-refractivity contribution >= 4 is 0 Å². The van der Waals surface area contributed by atoms with Crippen molar-refractivity contribution in [2.75, 3.05) is 0 Å². The molecule has 0 fully saturated rings. The smallest absolute Gasteiger partial charge is 0.241 e. The minimum Gasteiger partial charge on any atom is -0.247 e. The third kappa shape index (κ3) is 5.59. The minimum absolute atomic E-state index is 0.0487. The third-order valence-electron chi connectivity index (χ3n) is 0.779. The van der Waals surface area contributed by atoms with E-state index in [9.17, 15) is 17.6 Å². The van der Waals surface area contributed by atoms with Gasteiger partial charge < -0.3 is 0 Å². The molecule has 1 unspecified atom stereocenters. The van der Waals surface area contributed by atoms with E-state index >= 15 is 0 Å². The van der Waals surface area contributed by atoms with Crippen LogP contribution in [0.1, 0.15) is 12.8 Å². The monoisotopic (exact) mass is 143 g/mol. The van der Waals surface area contributed by atoms with Gasteiger partial charge in [0, 0.05) is 12.8 Å². The van der Waals surface area contributed by atoms with E-state index in [0.29, 0.717) is 0 Å². The van der Waals surface area contributed by atoms with Gasteiger partial charge in [-0.25, -0.2) is 17.6 Å². The maximum Gasteiger partial charge on any atom is 0.241 e. The van der Waals surface area contributed by atoms with Crippen LogP contribution in [0.2, 0.25) is 0 Å². The lowest BCUT2D eigenvalue weighted by molar-refractivity contribution is 0.0982. The van der Waals surface area contributed by atoms with Gasteiger partial charge >= 0.3 is 0 Å². The molecule has 55 valence electrons. The second kappa shape index (κ2) is 4.58. The average Bonchev–Trinajstić information content (AvgIpc) is 1.63. The van der Waals surface area contributed by atoms with E-state index in [1.165, 1.54) is 0 Å². The van der Waals surface area contributed by atoms with Gasteiger partial charge in [0.05, 0.1) is 0 Å². The van der Waals surface area contributed by atoms with Crippen molar-refractivity contribution in [2.24, 2.45) is 0 Å². The molecule has 0 aromatic carbocycles. The SMILES string of the molecule is F[CH]CC(F)CC(F)F. The predicted molar refractivity (Wildman–Crippen MR) is 25.5 cm³/mol. The molecule has 0 aromatic rings. The molecule has 0 bridgehead atoms. The van der Waals surface area contributed by atoms with Gasteiger partial charge in [-0.3, -0.25) is 0 Å². The van der Waals surface area contributed by atoms with E-state index in [0.717, 1.165) is 0 Å². The van der Waals surface area contributed by atoms with Crippen LogP contribution in [0.5, 0.6) is 0 Å². The standard InChI is InChI=1S/C5H7F4/c6-2-1-4(7)3-5(8)9/h2,4-5H,1,3H2. The molecule has 0 nitrogen and oxygen atoms in total. The first-order valence-corrected chi connectivity index (χ1v) is 2.51. The summed E-state index contributed by atoms with van der Waals surface area (Å²) in [5.74, 6) is 0. The Morgan fingerprint density at radius 2 is 1.78 bits per heavy atom. The van der Waals surface area contributed by atoms with Crippen molar-refractivity contribution in [2.45, 2.75) is 25.4 Å². The Balaban J connectivity index is 3.15. The van der Waals surface area contributed by atoms with Gasteiger partial charge in [-0.05, 0) is 0 Å². The lowest BCUT2D eigenvalue weighted by Crippen LogP contribution is -2.05. The van der Waals surface area contributed by atoms with Crippen molar-refractivity contribution in [3.63, 3.8) is 0 Å². The molecule has 0 aliphatic rings. The summed E-state index contributed by atoms with van der Waals surface area (Å²) in [7, 11) is 0. The van der Waals surface area contributed by atoms with Crippen LogP contribution >= 0.6 is 0 Å². The molecule has 0 aromatic heterocycles. The highest BCUT2D eigenvalue weighted by molar-refractivity contribution is 4.61. The van der Waals surface area contributed by atoms with Crippen LogP contribution < -0.4 is 0 Å². The van der Waals surface area contributed by atoms with Crippen LogP contribution in [0, 0.1) is 6.67 Å². The van der Waals surface area contributed by atoms with Gasteiger partial charge in [-0.15, -0.1) is 0 Å². The topological polar surface area (TPSA) is 0 Å². The van der Waals surface area contributed by atoms with Crippen LogP contribution in [0.25, 0.3) is 0 Å². The lowest BCUT2D eigenvalue weighted by Gasteiger charge is -2.01. The fraction of sp³-hybridized carbons (Fsp3) is 0.800. The summed E-state index contributed by atoms with van der Waals surface area (Å²) in [6.07, 6.45) is -5.83. The summed E-state index contributed by atoms with van der Waals surface area (Å²) in [6.45, 7) is 0.0487. The highest BCUT2D eigenvalue weighted by atomic mass is 19.3. The molecule has 0 amide bonds. The van der Waals surface area contributed by atoms with E-state index in [1.807, 2.05) is 0 Å². The summed E-state index contributed by atoms with van der Waals surface area (Å²) in [5, 5.41) is 0. The fourth-order valence-corrected chi connectivity index (χ4v) is 0.386. The van der Waals surface area contributed by atoms with Gasteiger partial charge in [0.1, 0.15) is 12.8 Å². The zero-order valence-corrected chi connectivity index (χ0v) is 4.66. The zero-order valence-electron chi connectivity index (χ0n) is 4.66. The van der Waals surface area contributed by atoms with E-state index in [4.69, 9.17) is 0 Å². The van der Waals surface area contributed by atoms with Crippen LogP contribution in [0.15, 0.2) is 0 Å². The van der Waals surface area contributed by atoms with Gasteiger partial charge in [0.2, 0.25) is 6.43 Å². The van der Waals surface area contributed by atoms with Crippen molar-refractivity contribution < 1.29 is 17.6 Å². The highest BCUT2D eigenvalue weighted by Gasteiger charge is 2.12. The summed E-state index contributed by atoms with van der Waals surface area (Å²) >= 11 is 0. The molecule has 1 atom stereocenters. The summed E-state index contributed by atoms with van der Waals surface area (Å²) in [6, 6.07) is 0. The molecule has 0 N–H and O–H groups in total. The van der Waals surface area contributed by atoms with Crippen LogP contribution in [0.4, 0.5) is 17.6 Å². The summed E-state index contributed by atoms with van der Waals surface area (Å²) < 4.78 is 45.5. The molecule has 0 saturated carbocycles. The molecule has 0 aliphatic heterocycles. The van der Waals surface area contributed by atoms with E-state index < -0.39 is 25.4 Å². The van der Waals surface area contributed by atoms with Gasteiger partial charge in [0.25, 0.3) is 0 Å². The number of rotatable bonds is 4. The Labute approximate surface area is 50.9 Å². The number of hydrogen-bond acceptors (Lipinski definition) is 0. The zero-order chi connectivity index (χ0) is 7.28. The molecule has 0 aliphatic carbocycles. The summed E-state index contributed by atoms with van der Waals surface area (Å²) in [5.41, 5.74) is 0. The first-order chi connectivity index (χ1) is 4.16. The van der Waals surface area contributed by atoms with E-state index in [1.54, 1.807) is 0 Å². The molecule has 0 saturated heterocycles. The fourth-order valence-electron chi connectivity index (χ4n) is 0.386. The number of halogens is 4. The maximum absolute atomic E-state index is 11.9. The Bertz CT molecular complexity index is 64.0. The Kier molecular flexibility index (Phi) is 4.44. The summed E-state index contributed by atoms with van der Waals surface area (Å²) in [4.78, 5) is 0. The first kappa shape index (κ1) is 8.72. The predicted octanol–water partition coefficient (Wildman–Crippen LogP) is 2.50. The van der Waals surface area contributed by atoms with Gasteiger partial charge in [-0.2, -0.15) is 0 Å². The number of alkyl halides is 3. The molecular weight excluding hydrogens is 136 g/mol. The third-order valence-corrected chi connectivity index (χ3v) is 0.779. The van der Waals surface area contributed by atoms with Crippen molar-refractivity contribution in [1.82, 2.24) is 0 Å². The quantitative estimate of drug-likeness (QED) is 0.530. The normalized spacial score (nSPS) is 14.3.